The summed E-state index contributed by atoms with van der Waals surface area (Å²) in [5.74, 6) is 1.97. The summed E-state index contributed by atoms with van der Waals surface area (Å²) in [5, 5.41) is 1.93. The van der Waals surface area contributed by atoms with E-state index in [1.807, 2.05) is 0 Å². The molecular weight excluding hydrogens is 424 g/mol. The standard InChI is InChI=1S/C25H32N2O4S/c1-4-20-19(26-24(31-20)22-15(2)7-5-8-16(22)3)14-30-18-10-6-9-17(13-18)11-12-21-23(28)27-25(29)32-21/h5,7-8,17-18,21H,4,6,9-14H2,1-3H3,(H,27,28,29). The maximum absolute atomic E-state index is 11.8. The Hall–Kier alpha value is -2.12. The van der Waals surface area contributed by atoms with Gasteiger partial charge in [-0.25, -0.2) is 4.98 Å². The lowest BCUT2D eigenvalue weighted by Gasteiger charge is -2.29. The number of imide groups is 1. The van der Waals surface area contributed by atoms with E-state index in [1.165, 1.54) is 0 Å². The van der Waals surface area contributed by atoms with E-state index in [0.717, 1.165) is 84.9 Å². The molecular formula is C25H32N2O4S. The molecule has 7 heteroatoms. The monoisotopic (exact) mass is 456 g/mol. The molecule has 172 valence electrons. The van der Waals surface area contributed by atoms with E-state index in [9.17, 15) is 9.59 Å². The van der Waals surface area contributed by atoms with Crippen molar-refractivity contribution in [3.05, 3.63) is 40.8 Å². The Kier molecular flexibility index (Phi) is 7.36. The second-order valence-corrected chi connectivity index (χ2v) is 10.1. The SMILES string of the molecule is CCc1oc(-c2c(C)cccc2C)nc1COC1CCCC(CCC2SC(=O)NC2=O)C1. The number of amides is 2. The van der Waals surface area contributed by atoms with E-state index in [2.05, 4.69) is 44.3 Å². The molecule has 1 N–H and O–H groups in total. The zero-order valence-electron chi connectivity index (χ0n) is 19.1. The molecule has 32 heavy (non-hydrogen) atoms. The highest BCUT2D eigenvalue weighted by Gasteiger charge is 2.32. The first kappa shape index (κ1) is 23.1. The van der Waals surface area contributed by atoms with Crippen LogP contribution in [0.1, 0.15) is 68.0 Å². The van der Waals surface area contributed by atoms with Gasteiger partial charge in [-0.05, 0) is 56.6 Å². The number of nitrogens with one attached hydrogen (secondary N) is 1. The van der Waals surface area contributed by atoms with Gasteiger partial charge in [0.2, 0.25) is 11.8 Å². The third kappa shape index (κ3) is 5.26. The predicted octanol–water partition coefficient (Wildman–Crippen LogP) is 5.73. The Labute approximate surface area is 193 Å². The zero-order valence-corrected chi connectivity index (χ0v) is 19.9. The lowest BCUT2D eigenvalue weighted by Crippen LogP contribution is -2.26. The highest BCUT2D eigenvalue weighted by Crippen LogP contribution is 2.34. The minimum Gasteiger partial charge on any atom is -0.441 e. The molecule has 2 aromatic rings. The van der Waals surface area contributed by atoms with E-state index >= 15 is 0 Å². The Morgan fingerprint density at radius 3 is 2.66 bits per heavy atom. The van der Waals surface area contributed by atoms with Gasteiger partial charge < -0.3 is 9.15 Å². The topological polar surface area (TPSA) is 81.4 Å². The number of hydrogen-bond acceptors (Lipinski definition) is 6. The van der Waals surface area contributed by atoms with Gasteiger partial charge in [-0.1, -0.05) is 49.7 Å². The van der Waals surface area contributed by atoms with Gasteiger partial charge >= 0.3 is 0 Å². The molecule has 2 heterocycles. The van der Waals surface area contributed by atoms with Crippen LogP contribution in [0.5, 0.6) is 0 Å². The number of thioether (sulfide) groups is 1. The van der Waals surface area contributed by atoms with Crippen molar-refractivity contribution in [3.63, 3.8) is 0 Å². The zero-order chi connectivity index (χ0) is 22.7. The van der Waals surface area contributed by atoms with Gasteiger partial charge in [-0.2, -0.15) is 0 Å². The van der Waals surface area contributed by atoms with Crippen LogP contribution >= 0.6 is 11.8 Å². The van der Waals surface area contributed by atoms with Gasteiger partial charge in [0.25, 0.3) is 5.24 Å². The summed E-state index contributed by atoms with van der Waals surface area (Å²) in [5.41, 5.74) is 4.28. The highest BCUT2D eigenvalue weighted by molar-refractivity contribution is 8.15. The normalized spacial score (nSPS) is 23.5. The first-order valence-corrected chi connectivity index (χ1v) is 12.5. The van der Waals surface area contributed by atoms with Crippen LogP contribution in [0.2, 0.25) is 0 Å². The third-order valence-electron chi connectivity index (χ3n) is 6.59. The van der Waals surface area contributed by atoms with Crippen molar-refractivity contribution in [2.75, 3.05) is 0 Å². The fourth-order valence-corrected chi connectivity index (χ4v) is 5.69. The second kappa shape index (κ2) is 10.2. The van der Waals surface area contributed by atoms with Crippen LogP contribution in [0.25, 0.3) is 11.5 Å². The molecule has 1 aliphatic heterocycles. The van der Waals surface area contributed by atoms with Crippen LogP contribution in [0.4, 0.5) is 4.79 Å². The quantitative estimate of drug-likeness (QED) is 0.546. The number of rotatable bonds is 8. The minimum absolute atomic E-state index is 0.138. The van der Waals surface area contributed by atoms with Gasteiger partial charge in [-0.15, -0.1) is 0 Å². The Balaban J connectivity index is 1.34. The first-order valence-electron chi connectivity index (χ1n) is 11.6. The summed E-state index contributed by atoms with van der Waals surface area (Å²) < 4.78 is 12.4. The molecule has 0 spiro atoms. The number of hydrogen-bond donors (Lipinski definition) is 1. The Bertz CT molecular complexity index is 966. The lowest BCUT2D eigenvalue weighted by atomic mass is 9.84. The number of oxazole rings is 1. The number of carbonyl (C=O) groups is 2. The molecule has 6 nitrogen and oxygen atoms in total. The number of aryl methyl sites for hydroxylation is 3. The molecule has 2 fully saturated rings. The van der Waals surface area contributed by atoms with Crippen molar-refractivity contribution < 1.29 is 18.7 Å². The molecule has 0 radical (unpaired) electrons. The van der Waals surface area contributed by atoms with Gasteiger partial charge in [0.05, 0.1) is 18.0 Å². The molecule has 0 bridgehead atoms. The number of ether oxygens (including phenoxy) is 1. The maximum Gasteiger partial charge on any atom is 0.286 e. The second-order valence-electron chi connectivity index (χ2n) is 8.94. The van der Waals surface area contributed by atoms with Crippen molar-refractivity contribution in [3.8, 4) is 11.5 Å². The van der Waals surface area contributed by atoms with Crippen LogP contribution < -0.4 is 5.32 Å². The average Bonchev–Trinajstić information content (AvgIpc) is 3.32. The smallest absolute Gasteiger partial charge is 0.286 e. The summed E-state index contributed by atoms with van der Waals surface area (Å²) in [7, 11) is 0. The molecule has 4 rings (SSSR count). The summed E-state index contributed by atoms with van der Waals surface area (Å²) in [4.78, 5) is 28.0. The van der Waals surface area contributed by atoms with Crippen molar-refractivity contribution >= 4 is 22.9 Å². The van der Waals surface area contributed by atoms with Gasteiger partial charge in [0, 0.05) is 12.0 Å². The fourth-order valence-electron chi connectivity index (χ4n) is 4.85. The van der Waals surface area contributed by atoms with Crippen molar-refractivity contribution in [1.29, 1.82) is 0 Å². The number of nitrogens with zero attached hydrogens (tertiary/aromatic N) is 1. The van der Waals surface area contributed by atoms with Gasteiger partial charge in [0.1, 0.15) is 11.5 Å². The third-order valence-corrected chi connectivity index (χ3v) is 7.64. The van der Waals surface area contributed by atoms with Crippen molar-refractivity contribution in [2.45, 2.75) is 83.7 Å². The summed E-state index contributed by atoms with van der Waals surface area (Å²) in [6.07, 6.45) is 7.03. The van der Waals surface area contributed by atoms with Crippen molar-refractivity contribution in [2.24, 2.45) is 5.92 Å². The number of aromatic nitrogens is 1. The highest BCUT2D eigenvalue weighted by atomic mass is 32.2. The molecule has 1 aromatic heterocycles. The van der Waals surface area contributed by atoms with E-state index < -0.39 is 0 Å². The van der Waals surface area contributed by atoms with Gasteiger partial charge in [-0.3, -0.25) is 14.9 Å². The fraction of sp³-hybridized carbons (Fsp3) is 0.560. The molecule has 1 saturated heterocycles. The summed E-state index contributed by atoms with van der Waals surface area (Å²) in [6.45, 7) is 6.71. The Morgan fingerprint density at radius 1 is 1.19 bits per heavy atom. The number of carbonyl (C=O) groups excluding carboxylic acids is 2. The van der Waals surface area contributed by atoms with E-state index in [4.69, 9.17) is 14.1 Å². The summed E-state index contributed by atoms with van der Waals surface area (Å²) >= 11 is 1.13. The van der Waals surface area contributed by atoms with Gasteiger partial charge in [0.15, 0.2) is 0 Å². The minimum atomic E-state index is -0.227. The molecule has 3 unspecified atom stereocenters. The first-order chi connectivity index (χ1) is 15.4. The van der Waals surface area contributed by atoms with Crippen molar-refractivity contribution in [1.82, 2.24) is 10.3 Å². The molecule has 1 aliphatic carbocycles. The molecule has 2 aliphatic rings. The number of benzene rings is 1. The average molecular weight is 457 g/mol. The summed E-state index contributed by atoms with van der Waals surface area (Å²) in [6, 6.07) is 6.22. The van der Waals surface area contributed by atoms with Crippen LogP contribution in [-0.2, 0) is 22.6 Å². The van der Waals surface area contributed by atoms with E-state index in [1.54, 1.807) is 0 Å². The van der Waals surface area contributed by atoms with E-state index in [0.29, 0.717) is 18.4 Å². The molecule has 1 aromatic carbocycles. The maximum atomic E-state index is 11.8. The van der Waals surface area contributed by atoms with Crippen LogP contribution in [0.15, 0.2) is 22.6 Å². The molecule has 1 saturated carbocycles. The van der Waals surface area contributed by atoms with E-state index in [-0.39, 0.29) is 22.5 Å². The lowest BCUT2D eigenvalue weighted by molar-refractivity contribution is -0.119. The largest absolute Gasteiger partial charge is 0.441 e. The molecule has 2 amide bonds. The van der Waals surface area contributed by atoms with Crippen LogP contribution in [0.3, 0.4) is 0 Å². The Morgan fingerprint density at radius 2 is 1.97 bits per heavy atom. The predicted molar refractivity (Wildman–Crippen MR) is 125 cm³/mol. The van der Waals surface area contributed by atoms with Crippen LogP contribution in [0, 0.1) is 19.8 Å². The van der Waals surface area contributed by atoms with Crippen LogP contribution in [-0.4, -0.2) is 27.5 Å². The molecule has 3 atom stereocenters.